The first-order valence-corrected chi connectivity index (χ1v) is 10.4. The van der Waals surface area contributed by atoms with Crippen molar-refractivity contribution >= 4 is 5.84 Å². The third kappa shape index (κ3) is 3.23. The topological polar surface area (TPSA) is 95.5 Å². The van der Waals surface area contributed by atoms with Gasteiger partial charge in [0.1, 0.15) is 23.7 Å². The first kappa shape index (κ1) is 19.5. The maximum Gasteiger partial charge on any atom is 0.213 e. The van der Waals surface area contributed by atoms with Gasteiger partial charge in [-0.15, -0.1) is 0 Å². The Morgan fingerprint density at radius 2 is 1.79 bits per heavy atom. The predicted molar refractivity (Wildman–Crippen MR) is 120 cm³/mol. The molecule has 1 aromatic carbocycles. The lowest BCUT2D eigenvalue weighted by atomic mass is 9.79. The Morgan fingerprint density at radius 3 is 2.61 bits per heavy atom. The van der Waals surface area contributed by atoms with Crippen LogP contribution in [0.1, 0.15) is 11.1 Å². The third-order valence-electron chi connectivity index (χ3n) is 5.87. The van der Waals surface area contributed by atoms with Crippen LogP contribution < -0.4 is 10.5 Å². The highest BCUT2D eigenvalue weighted by Gasteiger charge is 2.45. The molecule has 0 saturated heterocycles. The molecule has 0 unspecified atom stereocenters. The van der Waals surface area contributed by atoms with E-state index in [1.165, 1.54) is 12.3 Å². The number of nitrogens with zero attached hydrogens (tertiary/aromatic N) is 4. The molecule has 2 N–H and O–H groups in total. The molecule has 0 radical (unpaired) electrons. The minimum Gasteiger partial charge on any atom is -0.455 e. The highest BCUT2D eigenvalue weighted by molar-refractivity contribution is 5.84. The van der Waals surface area contributed by atoms with Crippen LogP contribution in [0.25, 0.3) is 22.4 Å². The number of amidine groups is 1. The Labute approximate surface area is 188 Å². The van der Waals surface area contributed by atoms with Gasteiger partial charge in [0.05, 0.1) is 18.5 Å². The molecule has 5 heterocycles. The van der Waals surface area contributed by atoms with Gasteiger partial charge in [-0.2, -0.15) is 4.39 Å². The fourth-order valence-corrected chi connectivity index (χ4v) is 4.37. The zero-order valence-corrected chi connectivity index (χ0v) is 17.4. The zero-order chi connectivity index (χ0) is 22.4. The number of rotatable bonds is 2. The molecule has 162 valence electrons. The van der Waals surface area contributed by atoms with Crippen LogP contribution in [0, 0.1) is 5.95 Å². The van der Waals surface area contributed by atoms with Crippen molar-refractivity contribution < 1.29 is 13.9 Å². The lowest BCUT2D eigenvalue weighted by molar-refractivity contribution is 0.110. The predicted octanol–water partition coefficient (Wildman–Crippen LogP) is 4.08. The second-order valence-corrected chi connectivity index (χ2v) is 7.94. The van der Waals surface area contributed by atoms with E-state index in [-0.39, 0.29) is 13.2 Å². The first-order valence-electron chi connectivity index (χ1n) is 10.4. The summed E-state index contributed by atoms with van der Waals surface area (Å²) in [6.45, 7) is 0.533. The summed E-state index contributed by atoms with van der Waals surface area (Å²) in [4.78, 5) is 17.3. The Balaban J connectivity index is 1.57. The number of ether oxygens (including phenoxy) is 2. The van der Waals surface area contributed by atoms with Gasteiger partial charge in [-0.05, 0) is 35.9 Å². The fourth-order valence-electron chi connectivity index (χ4n) is 4.37. The Bertz CT molecular complexity index is 1410. The lowest BCUT2D eigenvalue weighted by Crippen LogP contribution is -2.42. The van der Waals surface area contributed by atoms with E-state index in [4.69, 9.17) is 20.2 Å². The molecule has 1 spiro atoms. The van der Waals surface area contributed by atoms with Gasteiger partial charge < -0.3 is 15.2 Å². The third-order valence-corrected chi connectivity index (χ3v) is 5.87. The summed E-state index contributed by atoms with van der Waals surface area (Å²) < 4.78 is 25.9. The van der Waals surface area contributed by atoms with E-state index < -0.39 is 11.5 Å². The quantitative estimate of drug-likeness (QED) is 0.473. The van der Waals surface area contributed by atoms with E-state index in [1.54, 1.807) is 24.7 Å². The number of hydrogen-bond acceptors (Lipinski definition) is 7. The minimum absolute atomic E-state index is 0.253. The molecule has 7 nitrogen and oxygen atoms in total. The average molecular weight is 439 g/mol. The maximum absolute atomic E-state index is 13.8. The Kier molecular flexibility index (Phi) is 4.41. The number of hydrogen-bond donors (Lipinski definition) is 1. The van der Waals surface area contributed by atoms with Crippen molar-refractivity contribution in [3.05, 3.63) is 90.4 Å². The summed E-state index contributed by atoms with van der Waals surface area (Å²) in [5.41, 5.74) is 9.95. The van der Waals surface area contributed by atoms with Crippen molar-refractivity contribution in [2.45, 2.75) is 5.54 Å². The normalized spacial score (nSPS) is 18.8. The van der Waals surface area contributed by atoms with Crippen LogP contribution in [0.4, 0.5) is 4.39 Å². The summed E-state index contributed by atoms with van der Waals surface area (Å²) in [7, 11) is 0. The van der Waals surface area contributed by atoms with Crippen LogP contribution in [0.2, 0.25) is 0 Å². The minimum atomic E-state index is -0.924. The molecule has 8 heteroatoms. The molecule has 2 aliphatic rings. The number of pyridine rings is 3. The molecule has 0 saturated carbocycles. The average Bonchev–Trinajstić information content (AvgIpc) is 2.85. The number of fused-ring (bicyclic) bond motifs is 4. The highest BCUT2D eigenvalue weighted by Crippen LogP contribution is 2.51. The fraction of sp³-hybridized carbons (Fsp3) is 0.120. The summed E-state index contributed by atoms with van der Waals surface area (Å²) in [6, 6.07) is 14.7. The van der Waals surface area contributed by atoms with Crippen LogP contribution >= 0.6 is 0 Å². The molecule has 1 atom stereocenters. The summed E-state index contributed by atoms with van der Waals surface area (Å²) in [6.07, 6.45) is 6.58. The monoisotopic (exact) mass is 439 g/mol. The van der Waals surface area contributed by atoms with Crippen molar-refractivity contribution in [3.8, 4) is 33.9 Å². The van der Waals surface area contributed by atoms with Crippen molar-refractivity contribution in [2.75, 3.05) is 13.2 Å². The molecular weight excluding hydrogens is 421 g/mol. The maximum atomic E-state index is 13.8. The second-order valence-electron chi connectivity index (χ2n) is 7.94. The van der Waals surface area contributed by atoms with E-state index in [9.17, 15) is 4.39 Å². The van der Waals surface area contributed by atoms with Crippen LogP contribution in [-0.4, -0.2) is 34.0 Å². The summed E-state index contributed by atoms with van der Waals surface area (Å²) in [5.74, 6) is 1.02. The van der Waals surface area contributed by atoms with Crippen LogP contribution in [0.5, 0.6) is 11.5 Å². The molecule has 4 aromatic rings. The van der Waals surface area contributed by atoms with E-state index in [2.05, 4.69) is 15.0 Å². The SMILES string of the molecule is NC1=N[C@@]2(COC1)c1cc(-c3cccnc3)ccc1Oc1cnc(-c3ccnc(F)c3)cc12. The van der Waals surface area contributed by atoms with Crippen molar-refractivity contribution in [3.63, 3.8) is 0 Å². The molecule has 0 amide bonds. The second kappa shape index (κ2) is 7.46. The number of halogens is 1. The molecule has 33 heavy (non-hydrogen) atoms. The molecular formula is C25H18FN5O2. The van der Waals surface area contributed by atoms with Gasteiger partial charge in [0.25, 0.3) is 0 Å². The Hall–Kier alpha value is -4.17. The van der Waals surface area contributed by atoms with Gasteiger partial charge in [0.2, 0.25) is 5.95 Å². The largest absolute Gasteiger partial charge is 0.455 e. The van der Waals surface area contributed by atoms with Gasteiger partial charge in [-0.3, -0.25) is 15.0 Å². The smallest absolute Gasteiger partial charge is 0.213 e. The lowest BCUT2D eigenvalue weighted by Gasteiger charge is -2.39. The molecule has 3 aromatic heterocycles. The number of nitrogens with two attached hydrogens (primary N) is 1. The van der Waals surface area contributed by atoms with Crippen LogP contribution in [-0.2, 0) is 10.3 Å². The molecule has 0 aliphatic carbocycles. The van der Waals surface area contributed by atoms with Gasteiger partial charge in [0.15, 0.2) is 5.75 Å². The van der Waals surface area contributed by atoms with E-state index in [0.29, 0.717) is 28.6 Å². The first-order chi connectivity index (χ1) is 16.1. The van der Waals surface area contributed by atoms with Gasteiger partial charge in [-0.1, -0.05) is 12.1 Å². The van der Waals surface area contributed by atoms with Crippen molar-refractivity contribution in [2.24, 2.45) is 10.7 Å². The standard InChI is InChI=1S/C25H18FN5O2/c26-23-9-16(5-7-29-23)20-10-19-22(12-30-20)33-21-4-3-15(17-2-1-6-28-11-17)8-18(21)25(19)14-32-13-24(27)31-25/h1-12H,13-14H2,(H2,27,31)/t25-/m0/s1. The molecule has 2 aliphatic heterocycles. The van der Waals surface area contributed by atoms with Crippen LogP contribution in [0.15, 0.2) is 78.3 Å². The summed E-state index contributed by atoms with van der Waals surface area (Å²) in [5, 5.41) is 0. The van der Waals surface area contributed by atoms with E-state index in [1.807, 2.05) is 36.4 Å². The number of benzene rings is 1. The van der Waals surface area contributed by atoms with E-state index >= 15 is 0 Å². The Morgan fingerprint density at radius 1 is 0.879 bits per heavy atom. The molecule has 0 fully saturated rings. The van der Waals surface area contributed by atoms with E-state index in [0.717, 1.165) is 22.3 Å². The highest BCUT2D eigenvalue weighted by atomic mass is 19.1. The van der Waals surface area contributed by atoms with Gasteiger partial charge in [-0.25, -0.2) is 4.98 Å². The van der Waals surface area contributed by atoms with Gasteiger partial charge >= 0.3 is 0 Å². The number of aromatic nitrogens is 3. The number of aliphatic imine (C=N–C) groups is 1. The molecule has 6 rings (SSSR count). The van der Waals surface area contributed by atoms with Crippen molar-refractivity contribution in [1.82, 2.24) is 15.0 Å². The molecule has 0 bridgehead atoms. The summed E-state index contributed by atoms with van der Waals surface area (Å²) >= 11 is 0. The van der Waals surface area contributed by atoms with Gasteiger partial charge in [0, 0.05) is 46.9 Å². The van der Waals surface area contributed by atoms with Crippen molar-refractivity contribution in [1.29, 1.82) is 0 Å². The van der Waals surface area contributed by atoms with Crippen LogP contribution in [0.3, 0.4) is 0 Å². The zero-order valence-electron chi connectivity index (χ0n) is 17.4.